The fourth-order valence-electron chi connectivity index (χ4n) is 8.78. The van der Waals surface area contributed by atoms with Gasteiger partial charge in [0.15, 0.2) is 0 Å². The summed E-state index contributed by atoms with van der Waals surface area (Å²) in [6.45, 7) is 40.4. The molecular weight excluding hydrogens is 552 g/mol. The number of rotatable bonds is 20. The molecule has 10 atom stereocenters. The molecule has 2 fully saturated rings. The van der Waals surface area contributed by atoms with Crippen molar-refractivity contribution in [2.45, 2.75) is 199 Å². The van der Waals surface area contributed by atoms with Crippen LogP contribution in [0.2, 0.25) is 0 Å². The van der Waals surface area contributed by atoms with Crippen molar-refractivity contribution in [3.8, 4) is 0 Å². The molecule has 0 aromatic heterocycles. The Bertz CT molecular complexity index is 745. The van der Waals surface area contributed by atoms with E-state index in [1.54, 1.807) is 0 Å². The van der Waals surface area contributed by atoms with Crippen molar-refractivity contribution in [1.82, 2.24) is 0 Å². The fourth-order valence-corrected chi connectivity index (χ4v) is 8.78. The Balaban J connectivity index is 2.20. The van der Waals surface area contributed by atoms with Crippen LogP contribution >= 0.6 is 0 Å². The van der Waals surface area contributed by atoms with E-state index >= 15 is 0 Å². The summed E-state index contributed by atoms with van der Waals surface area (Å²) in [4.78, 5) is 0. The lowest BCUT2D eigenvalue weighted by molar-refractivity contribution is -0.0665. The zero-order chi connectivity index (χ0) is 34.4. The van der Waals surface area contributed by atoms with Crippen LogP contribution in [-0.4, -0.2) is 37.6 Å². The van der Waals surface area contributed by atoms with E-state index in [1.165, 1.54) is 51.4 Å². The van der Waals surface area contributed by atoms with Gasteiger partial charge in [-0.25, -0.2) is 0 Å². The molecule has 0 bridgehead atoms. The molecule has 0 aromatic carbocycles. The summed E-state index contributed by atoms with van der Waals surface area (Å²) in [6, 6.07) is 0. The highest BCUT2D eigenvalue weighted by molar-refractivity contribution is 4.91. The molecule has 0 spiro atoms. The second-order valence-corrected chi connectivity index (χ2v) is 21.3. The maximum atomic E-state index is 7.24. The summed E-state index contributed by atoms with van der Waals surface area (Å²) in [7, 11) is 0. The van der Waals surface area contributed by atoms with E-state index in [0.717, 1.165) is 37.9 Å². The van der Waals surface area contributed by atoms with Gasteiger partial charge in [0.25, 0.3) is 0 Å². The first-order valence-corrected chi connectivity index (χ1v) is 19.3. The Morgan fingerprint density at radius 2 is 0.778 bits per heavy atom. The van der Waals surface area contributed by atoms with Gasteiger partial charge in [0.05, 0.1) is 25.4 Å². The Hall–Kier alpha value is -0.120. The predicted octanol–water partition coefficient (Wildman–Crippen LogP) is 12.4. The largest absolute Gasteiger partial charge is 0.370 e. The van der Waals surface area contributed by atoms with Gasteiger partial charge in [-0.3, -0.25) is 0 Å². The van der Waals surface area contributed by atoms with Gasteiger partial charge in [-0.2, -0.15) is 0 Å². The molecule has 2 saturated heterocycles. The molecule has 3 heteroatoms. The van der Waals surface area contributed by atoms with E-state index in [2.05, 4.69) is 111 Å². The molecule has 2 rings (SSSR count). The van der Waals surface area contributed by atoms with Crippen LogP contribution in [0.4, 0.5) is 0 Å². The van der Waals surface area contributed by atoms with Gasteiger partial charge in [-0.1, -0.05) is 124 Å². The lowest BCUT2D eigenvalue weighted by Gasteiger charge is -2.36. The molecule has 2 aliphatic heterocycles. The second-order valence-electron chi connectivity index (χ2n) is 21.3. The number of epoxide rings is 2. The zero-order valence-electron chi connectivity index (χ0n) is 33.5. The van der Waals surface area contributed by atoms with Crippen molar-refractivity contribution in [2.75, 3.05) is 13.2 Å². The molecule has 0 N–H and O–H groups in total. The van der Waals surface area contributed by atoms with Crippen LogP contribution in [0.1, 0.15) is 175 Å². The molecule has 0 amide bonds. The molecule has 10 unspecified atom stereocenters. The average Bonchev–Trinajstić information content (AvgIpc) is 3.70. The first kappa shape index (κ1) is 41.1. The molecule has 0 saturated carbocycles. The van der Waals surface area contributed by atoms with Crippen LogP contribution in [0, 0.1) is 57.2 Å². The number of ether oxygens (including phenoxy) is 3. The molecular formula is C42H82O3. The minimum absolute atomic E-state index is 0.183. The number of hydrogen-bond acceptors (Lipinski definition) is 3. The topological polar surface area (TPSA) is 34.3 Å². The van der Waals surface area contributed by atoms with E-state index < -0.39 is 0 Å². The van der Waals surface area contributed by atoms with Crippen molar-refractivity contribution in [1.29, 1.82) is 0 Å². The average molecular weight is 635 g/mol. The Kier molecular flexibility index (Phi) is 15.5. The summed E-state index contributed by atoms with van der Waals surface area (Å²) in [5, 5.41) is 0. The third-order valence-corrected chi connectivity index (χ3v) is 10.4. The summed E-state index contributed by atoms with van der Waals surface area (Å²) in [6.07, 6.45) is 13.5. The standard InChI is InChI=1S/C42H82O3/c1-29(23-39(5,6)7)17-19-33(31(3)25-41(11,12)13)21-35(37-27-43-37)45-36(38-28-44-38)22-34(32(4)26-42(14,15)16)20-18-30(2)24-40(8,9)10/h29-38H,17-28H2,1-16H3. The molecule has 3 nitrogen and oxygen atoms in total. The van der Waals surface area contributed by atoms with E-state index in [-0.39, 0.29) is 24.4 Å². The van der Waals surface area contributed by atoms with Crippen LogP contribution in [0.5, 0.6) is 0 Å². The van der Waals surface area contributed by atoms with Crippen LogP contribution in [0.15, 0.2) is 0 Å². The maximum Gasteiger partial charge on any atom is 0.107 e. The first-order valence-electron chi connectivity index (χ1n) is 19.3. The van der Waals surface area contributed by atoms with Crippen LogP contribution < -0.4 is 0 Å². The van der Waals surface area contributed by atoms with Crippen molar-refractivity contribution < 1.29 is 14.2 Å². The molecule has 45 heavy (non-hydrogen) atoms. The Morgan fingerprint density at radius 3 is 1.02 bits per heavy atom. The zero-order valence-corrected chi connectivity index (χ0v) is 33.5. The monoisotopic (exact) mass is 635 g/mol. The minimum atomic E-state index is 0.183. The summed E-state index contributed by atoms with van der Waals surface area (Å²) < 4.78 is 19.3. The fraction of sp³-hybridized carbons (Fsp3) is 1.00. The van der Waals surface area contributed by atoms with Gasteiger partial charge in [0.1, 0.15) is 12.2 Å². The van der Waals surface area contributed by atoms with E-state index in [4.69, 9.17) is 14.2 Å². The molecule has 0 aromatic rings. The molecule has 0 aliphatic carbocycles. The minimum Gasteiger partial charge on any atom is -0.370 e. The van der Waals surface area contributed by atoms with Crippen molar-refractivity contribution in [3.05, 3.63) is 0 Å². The lowest BCUT2D eigenvalue weighted by Crippen LogP contribution is -2.36. The smallest absolute Gasteiger partial charge is 0.107 e. The summed E-state index contributed by atoms with van der Waals surface area (Å²) in [5.41, 5.74) is 1.46. The quantitative estimate of drug-likeness (QED) is 0.125. The van der Waals surface area contributed by atoms with Gasteiger partial charge in [0, 0.05) is 0 Å². The lowest BCUT2D eigenvalue weighted by atomic mass is 9.74. The van der Waals surface area contributed by atoms with Crippen LogP contribution in [0.25, 0.3) is 0 Å². The third-order valence-electron chi connectivity index (χ3n) is 10.4. The van der Waals surface area contributed by atoms with Crippen molar-refractivity contribution in [3.63, 3.8) is 0 Å². The third kappa shape index (κ3) is 18.9. The van der Waals surface area contributed by atoms with E-state index in [1.807, 2.05) is 0 Å². The van der Waals surface area contributed by atoms with Gasteiger partial charge in [-0.05, 0) is 109 Å². The predicted molar refractivity (Wildman–Crippen MR) is 196 cm³/mol. The highest BCUT2D eigenvalue weighted by atomic mass is 16.6. The second kappa shape index (κ2) is 17.0. The summed E-state index contributed by atoms with van der Waals surface area (Å²) >= 11 is 0. The molecule has 2 aliphatic rings. The van der Waals surface area contributed by atoms with Gasteiger partial charge < -0.3 is 14.2 Å². The molecule has 268 valence electrons. The Labute approximate surface area is 283 Å². The van der Waals surface area contributed by atoms with Crippen LogP contribution in [-0.2, 0) is 14.2 Å². The number of hydrogen-bond donors (Lipinski definition) is 0. The maximum absolute atomic E-state index is 7.24. The highest BCUT2D eigenvalue weighted by Crippen LogP contribution is 2.41. The van der Waals surface area contributed by atoms with Gasteiger partial charge in [-0.15, -0.1) is 0 Å². The van der Waals surface area contributed by atoms with Crippen molar-refractivity contribution >= 4 is 0 Å². The van der Waals surface area contributed by atoms with Gasteiger partial charge in [0.2, 0.25) is 0 Å². The normalized spacial score (nSPS) is 24.8. The molecule has 2 heterocycles. The van der Waals surface area contributed by atoms with Crippen molar-refractivity contribution in [2.24, 2.45) is 57.2 Å². The SMILES string of the molecule is CC(CCC(CC(OC(CC(CCC(C)CC(C)(C)C)C(C)CC(C)(C)C)C1CO1)C1CO1)C(C)CC(C)(C)C)CC(C)(C)C. The summed E-state index contributed by atoms with van der Waals surface area (Å²) in [5.74, 6) is 4.19. The van der Waals surface area contributed by atoms with Crippen LogP contribution in [0.3, 0.4) is 0 Å². The first-order chi connectivity index (χ1) is 20.4. The molecule has 0 radical (unpaired) electrons. The van der Waals surface area contributed by atoms with Gasteiger partial charge >= 0.3 is 0 Å². The van der Waals surface area contributed by atoms with E-state index in [0.29, 0.717) is 45.3 Å². The Morgan fingerprint density at radius 1 is 0.489 bits per heavy atom. The van der Waals surface area contributed by atoms with E-state index in [9.17, 15) is 0 Å². The highest BCUT2D eigenvalue weighted by Gasteiger charge is 2.43.